The molecule has 0 aromatic heterocycles. The van der Waals surface area contributed by atoms with E-state index in [0.717, 1.165) is 12.0 Å². The largest absolute Gasteiger partial charge is 0.318 e. The third-order valence-corrected chi connectivity index (χ3v) is 4.01. The van der Waals surface area contributed by atoms with Crippen molar-refractivity contribution in [3.8, 4) is 0 Å². The lowest BCUT2D eigenvalue weighted by Gasteiger charge is -2.27. The highest BCUT2D eigenvalue weighted by atomic mass is 35.5. The fourth-order valence-corrected chi connectivity index (χ4v) is 3.16. The van der Waals surface area contributed by atoms with Crippen molar-refractivity contribution >= 4 is 11.6 Å². The van der Waals surface area contributed by atoms with E-state index in [2.05, 4.69) is 0 Å². The second-order valence-electron chi connectivity index (χ2n) is 4.73. The number of benzene rings is 2. The van der Waals surface area contributed by atoms with Crippen LogP contribution in [0.2, 0.25) is 5.02 Å². The molecule has 3 rings (SSSR count). The molecule has 1 nitrogen and oxygen atoms in total. The van der Waals surface area contributed by atoms with Crippen LogP contribution >= 0.6 is 11.6 Å². The summed E-state index contributed by atoms with van der Waals surface area (Å²) in [4.78, 5) is 0. The minimum absolute atomic E-state index is 0.332. The SMILES string of the molecule is NC1(c2c(F)cccc2Cl)CCc2ccccc21. The summed E-state index contributed by atoms with van der Waals surface area (Å²) in [6.45, 7) is 0. The molecule has 0 saturated heterocycles. The van der Waals surface area contributed by atoms with Gasteiger partial charge in [-0.05, 0) is 36.1 Å². The lowest BCUT2D eigenvalue weighted by molar-refractivity contribution is 0.491. The van der Waals surface area contributed by atoms with Crippen molar-refractivity contribution in [2.45, 2.75) is 18.4 Å². The van der Waals surface area contributed by atoms with Gasteiger partial charge in [0.1, 0.15) is 5.82 Å². The molecule has 0 fully saturated rings. The Morgan fingerprint density at radius 2 is 1.89 bits per heavy atom. The van der Waals surface area contributed by atoms with Crippen LogP contribution in [0.25, 0.3) is 0 Å². The number of hydrogen-bond donors (Lipinski definition) is 1. The maximum absolute atomic E-state index is 14.1. The molecule has 1 unspecified atom stereocenters. The van der Waals surface area contributed by atoms with Crippen molar-refractivity contribution < 1.29 is 4.39 Å². The van der Waals surface area contributed by atoms with Crippen LogP contribution in [-0.2, 0) is 12.0 Å². The summed E-state index contributed by atoms with van der Waals surface area (Å²) < 4.78 is 14.1. The Hall–Kier alpha value is -1.38. The predicted molar refractivity (Wildman–Crippen MR) is 71.1 cm³/mol. The van der Waals surface area contributed by atoms with Crippen LogP contribution in [0.15, 0.2) is 42.5 Å². The average Bonchev–Trinajstić information content (AvgIpc) is 2.69. The van der Waals surface area contributed by atoms with Gasteiger partial charge >= 0.3 is 0 Å². The summed E-state index contributed by atoms with van der Waals surface area (Å²) in [5.74, 6) is -0.332. The van der Waals surface area contributed by atoms with Gasteiger partial charge in [0.05, 0.1) is 5.54 Å². The number of hydrogen-bond acceptors (Lipinski definition) is 1. The van der Waals surface area contributed by atoms with Gasteiger partial charge in [0.15, 0.2) is 0 Å². The van der Waals surface area contributed by atoms with Crippen molar-refractivity contribution in [1.29, 1.82) is 0 Å². The highest BCUT2D eigenvalue weighted by Gasteiger charge is 2.39. The lowest BCUT2D eigenvalue weighted by Crippen LogP contribution is -2.36. The Labute approximate surface area is 110 Å². The summed E-state index contributed by atoms with van der Waals surface area (Å²) in [5, 5.41) is 0.397. The van der Waals surface area contributed by atoms with E-state index >= 15 is 0 Å². The van der Waals surface area contributed by atoms with Crippen LogP contribution in [0.1, 0.15) is 23.1 Å². The first-order valence-corrected chi connectivity index (χ1v) is 6.32. The second-order valence-corrected chi connectivity index (χ2v) is 5.13. The fourth-order valence-electron chi connectivity index (χ4n) is 2.82. The van der Waals surface area contributed by atoms with Gasteiger partial charge in [-0.3, -0.25) is 0 Å². The fraction of sp³-hybridized carbons (Fsp3) is 0.200. The van der Waals surface area contributed by atoms with E-state index in [1.165, 1.54) is 11.6 Å². The highest BCUT2D eigenvalue weighted by Crippen LogP contribution is 2.43. The smallest absolute Gasteiger partial charge is 0.130 e. The monoisotopic (exact) mass is 261 g/mol. The van der Waals surface area contributed by atoms with E-state index in [-0.39, 0.29) is 5.82 Å². The standard InChI is InChI=1S/C15H13ClFN/c16-12-6-3-7-13(17)14(12)15(18)9-8-10-4-1-2-5-11(10)15/h1-7H,8-9,18H2. The average molecular weight is 262 g/mol. The van der Waals surface area contributed by atoms with E-state index in [4.69, 9.17) is 17.3 Å². The first-order valence-electron chi connectivity index (χ1n) is 5.95. The molecule has 0 radical (unpaired) electrons. The molecule has 0 amide bonds. The third kappa shape index (κ3) is 1.57. The van der Waals surface area contributed by atoms with Crippen LogP contribution < -0.4 is 5.73 Å². The Morgan fingerprint density at radius 3 is 2.67 bits per heavy atom. The number of aryl methyl sites for hydroxylation is 1. The maximum Gasteiger partial charge on any atom is 0.130 e. The van der Waals surface area contributed by atoms with Gasteiger partial charge in [-0.2, -0.15) is 0 Å². The molecule has 0 saturated carbocycles. The van der Waals surface area contributed by atoms with Crippen molar-refractivity contribution in [1.82, 2.24) is 0 Å². The molecule has 0 spiro atoms. The van der Waals surface area contributed by atoms with E-state index < -0.39 is 5.54 Å². The normalized spacial score (nSPS) is 21.9. The highest BCUT2D eigenvalue weighted by molar-refractivity contribution is 6.31. The van der Waals surface area contributed by atoms with Crippen molar-refractivity contribution in [3.63, 3.8) is 0 Å². The Bertz CT molecular complexity index is 591. The van der Waals surface area contributed by atoms with E-state index in [1.54, 1.807) is 12.1 Å². The van der Waals surface area contributed by atoms with E-state index in [9.17, 15) is 4.39 Å². The molecular weight excluding hydrogens is 249 g/mol. The molecule has 1 aliphatic rings. The van der Waals surface area contributed by atoms with Gasteiger partial charge in [0.25, 0.3) is 0 Å². The van der Waals surface area contributed by atoms with E-state index in [1.807, 2.05) is 24.3 Å². The summed E-state index contributed by atoms with van der Waals surface area (Å²) >= 11 is 6.15. The third-order valence-electron chi connectivity index (χ3n) is 3.70. The van der Waals surface area contributed by atoms with Gasteiger partial charge in [0.2, 0.25) is 0 Å². The Kier molecular flexibility index (Phi) is 2.65. The van der Waals surface area contributed by atoms with Crippen LogP contribution in [0.5, 0.6) is 0 Å². The predicted octanol–water partition coefficient (Wildman–Crippen LogP) is 3.63. The first kappa shape index (κ1) is 11.7. The molecule has 1 aliphatic carbocycles. The summed E-state index contributed by atoms with van der Waals surface area (Å²) in [6.07, 6.45) is 1.55. The van der Waals surface area contributed by atoms with Gasteiger partial charge in [-0.15, -0.1) is 0 Å². The topological polar surface area (TPSA) is 26.0 Å². The molecule has 2 N–H and O–H groups in total. The molecule has 2 aromatic carbocycles. The zero-order valence-corrected chi connectivity index (χ0v) is 10.5. The van der Waals surface area contributed by atoms with Gasteiger partial charge < -0.3 is 5.73 Å². The molecule has 1 atom stereocenters. The maximum atomic E-state index is 14.1. The van der Waals surface area contributed by atoms with Gasteiger partial charge in [-0.1, -0.05) is 41.9 Å². The quantitative estimate of drug-likeness (QED) is 0.834. The Morgan fingerprint density at radius 1 is 1.11 bits per heavy atom. The molecule has 3 heteroatoms. The zero-order chi connectivity index (χ0) is 12.8. The molecule has 2 aromatic rings. The van der Waals surface area contributed by atoms with Crippen molar-refractivity contribution in [2.75, 3.05) is 0 Å². The number of rotatable bonds is 1. The van der Waals surface area contributed by atoms with Crippen molar-refractivity contribution in [2.24, 2.45) is 5.73 Å². The van der Waals surface area contributed by atoms with Gasteiger partial charge in [-0.25, -0.2) is 4.39 Å². The molecule has 18 heavy (non-hydrogen) atoms. The van der Waals surface area contributed by atoms with Crippen LogP contribution in [0.4, 0.5) is 4.39 Å². The number of halogens is 2. The summed E-state index contributed by atoms with van der Waals surface area (Å²) in [6, 6.07) is 12.6. The summed E-state index contributed by atoms with van der Waals surface area (Å²) in [7, 11) is 0. The number of fused-ring (bicyclic) bond motifs is 1. The van der Waals surface area contributed by atoms with Crippen molar-refractivity contribution in [3.05, 3.63) is 70.0 Å². The first-order chi connectivity index (χ1) is 8.63. The zero-order valence-electron chi connectivity index (χ0n) is 9.79. The van der Waals surface area contributed by atoms with E-state index in [0.29, 0.717) is 17.0 Å². The lowest BCUT2D eigenvalue weighted by atomic mass is 9.85. The minimum atomic E-state index is -0.807. The molecular formula is C15H13ClFN. The van der Waals surface area contributed by atoms with Crippen LogP contribution in [0.3, 0.4) is 0 Å². The number of nitrogens with two attached hydrogens (primary N) is 1. The Balaban J connectivity index is 2.24. The van der Waals surface area contributed by atoms with Crippen LogP contribution in [-0.4, -0.2) is 0 Å². The molecule has 0 aliphatic heterocycles. The van der Waals surface area contributed by atoms with Crippen LogP contribution in [0, 0.1) is 5.82 Å². The minimum Gasteiger partial charge on any atom is -0.318 e. The second kappa shape index (κ2) is 4.08. The summed E-state index contributed by atoms with van der Waals surface area (Å²) in [5.41, 5.74) is 8.24. The molecule has 92 valence electrons. The molecule has 0 bridgehead atoms. The molecule has 0 heterocycles. The van der Waals surface area contributed by atoms with Gasteiger partial charge in [0, 0.05) is 10.6 Å².